The van der Waals surface area contributed by atoms with Crippen molar-refractivity contribution in [1.29, 1.82) is 0 Å². The molecule has 0 saturated heterocycles. The highest BCUT2D eigenvalue weighted by molar-refractivity contribution is 6.25. The first-order valence-corrected chi connectivity index (χ1v) is 13.9. The van der Waals surface area contributed by atoms with Crippen molar-refractivity contribution in [1.82, 2.24) is 0 Å². The van der Waals surface area contributed by atoms with Crippen molar-refractivity contribution >= 4 is 65.0 Å². The van der Waals surface area contributed by atoms with Gasteiger partial charge in [-0.2, -0.15) is 0 Å². The molecule has 0 unspecified atom stereocenters. The lowest BCUT2D eigenvalue weighted by molar-refractivity contribution is 0.669. The number of fused-ring (bicyclic) bond motifs is 7. The molecule has 0 N–H and O–H groups in total. The average molecular weight is 625 g/mol. The van der Waals surface area contributed by atoms with Crippen LogP contribution < -0.4 is 0 Å². The smallest absolute Gasteiger partial charge is 0.136 e. The molecule has 0 bridgehead atoms. The maximum absolute atomic E-state index is 10.2. The molecule has 0 aliphatic carbocycles. The summed E-state index contributed by atoms with van der Waals surface area (Å²) in [7, 11) is 0. The first-order chi connectivity index (χ1) is 35.0. The van der Waals surface area contributed by atoms with E-state index in [1.807, 2.05) is 0 Å². The lowest BCUT2D eigenvalue weighted by Crippen LogP contribution is -1.93. The van der Waals surface area contributed by atoms with Gasteiger partial charge in [-0.15, -0.1) is 0 Å². The van der Waals surface area contributed by atoms with Gasteiger partial charge in [-0.1, -0.05) is 145 Å². The van der Waals surface area contributed by atoms with Gasteiger partial charge in [0, 0.05) is 10.8 Å². The number of hydrogen-bond donors (Lipinski definition) is 0. The van der Waals surface area contributed by atoms with Crippen molar-refractivity contribution in [3.05, 3.63) is 169 Å². The zero-order valence-electron chi connectivity index (χ0n) is 51.4. The summed E-state index contributed by atoms with van der Waals surface area (Å²) in [6.07, 6.45) is 0. The van der Waals surface area contributed by atoms with E-state index in [9.17, 15) is 15.1 Å². The zero-order chi connectivity index (χ0) is 55.3. The molecule has 10 rings (SSSR count). The quantitative estimate of drug-likeness (QED) is 0.178. The van der Waals surface area contributed by atoms with Gasteiger partial charge in [0.05, 0.1) is 38.4 Å². The van der Waals surface area contributed by atoms with Crippen LogP contribution in [0.3, 0.4) is 0 Å². The van der Waals surface area contributed by atoms with Crippen LogP contribution in [-0.4, -0.2) is 0 Å². The molecular weight excluding hydrogens is 569 g/mol. The van der Waals surface area contributed by atoms with Gasteiger partial charge in [-0.25, -0.2) is 0 Å². The Labute approximate surface area is 311 Å². The molecule has 0 aliphatic rings. The third-order valence-electron chi connectivity index (χ3n) is 7.76. The van der Waals surface area contributed by atoms with E-state index in [-0.39, 0.29) is 0 Å². The number of benzene rings is 9. The van der Waals surface area contributed by atoms with Crippen LogP contribution in [0, 0.1) is 0 Å². The van der Waals surface area contributed by atoms with Gasteiger partial charge in [0.25, 0.3) is 0 Å². The van der Waals surface area contributed by atoms with Gasteiger partial charge in [0.1, 0.15) is 11.2 Å². The minimum Gasteiger partial charge on any atom is -0.456 e. The maximum atomic E-state index is 10.2. The van der Waals surface area contributed by atoms with Crippen molar-refractivity contribution in [2.24, 2.45) is 0 Å². The number of hydrogen-bond acceptors (Lipinski definition) is 1. The van der Waals surface area contributed by atoms with Crippen LogP contribution in [-0.2, 0) is 0 Å². The molecule has 0 aliphatic heterocycles. The molecule has 218 valence electrons. The van der Waals surface area contributed by atoms with Crippen molar-refractivity contribution in [2.75, 3.05) is 0 Å². The molecule has 10 aromatic rings. The van der Waals surface area contributed by atoms with Gasteiger partial charge < -0.3 is 4.42 Å². The van der Waals surface area contributed by atoms with E-state index in [0.29, 0.717) is 0 Å². The minimum absolute atomic E-state index is 0.397. The third kappa shape index (κ3) is 3.97. The topological polar surface area (TPSA) is 13.1 Å². The molecule has 47 heavy (non-hydrogen) atoms. The Bertz CT molecular complexity index is 4430. The summed E-state index contributed by atoms with van der Waals surface area (Å²) < 4.78 is 260. The summed E-state index contributed by atoms with van der Waals surface area (Å²) in [6, 6.07) is -26.5. The third-order valence-corrected chi connectivity index (χ3v) is 7.76. The maximum Gasteiger partial charge on any atom is 0.136 e. The predicted octanol–water partition coefficient (Wildman–Crippen LogP) is 13.2. The number of furan rings is 1. The van der Waals surface area contributed by atoms with Crippen LogP contribution in [0.1, 0.15) is 38.4 Å². The second-order valence-electron chi connectivity index (χ2n) is 10.3. The second-order valence-corrected chi connectivity index (χ2v) is 10.3. The summed E-state index contributed by atoms with van der Waals surface area (Å²) in [5, 5.41) is -6.89. The molecule has 1 heterocycles. The highest BCUT2D eigenvalue weighted by atomic mass is 16.3. The van der Waals surface area contributed by atoms with E-state index >= 15 is 0 Å². The van der Waals surface area contributed by atoms with Gasteiger partial charge in [0.15, 0.2) is 0 Å². The van der Waals surface area contributed by atoms with E-state index in [4.69, 9.17) is 27.7 Å². The van der Waals surface area contributed by atoms with E-state index in [2.05, 4.69) is 0 Å². The summed E-state index contributed by atoms with van der Waals surface area (Å²) >= 11 is 0. The molecule has 1 nitrogen and oxygen atoms in total. The Hall–Kier alpha value is -6.18. The van der Waals surface area contributed by atoms with Gasteiger partial charge >= 0.3 is 0 Å². The molecule has 0 radical (unpaired) electrons. The molecular formula is C46H28O. The van der Waals surface area contributed by atoms with Crippen molar-refractivity contribution in [3.8, 4) is 33.4 Å². The Morgan fingerprint density at radius 2 is 0.766 bits per heavy atom. The fourth-order valence-electron chi connectivity index (χ4n) is 5.77. The molecule has 1 aromatic heterocycles. The Kier molecular flexibility index (Phi) is 2.31. The molecule has 1 heteroatoms. The largest absolute Gasteiger partial charge is 0.456 e. The van der Waals surface area contributed by atoms with Crippen LogP contribution in [0.5, 0.6) is 0 Å². The van der Waals surface area contributed by atoms with Crippen molar-refractivity contribution in [3.63, 3.8) is 0 Å². The average Bonchev–Trinajstić information content (AvgIpc) is 3.84. The Balaban J connectivity index is 1.61. The standard InChI is InChI=1S/C46H28O/c1-3-15-33-29(11-1)13-9-20-37(33)45-39-18-5-6-19-40(39)46(38-21-10-14-30-12-2-4-16-34(30)38)42-27-31(24-26-41(42)45)32-23-25-36-35-17-7-8-22-43(35)47-44(36)28-32/h1-28H/i1D,2D,3D,4D,5D,6D,7D,8D,9D,10D,11D,12D,13D,14D,15D,16D,17D,18D,19D,20D,21D,22D,23D,24D,25D,26D,27D,28D. The molecule has 0 spiro atoms. The van der Waals surface area contributed by atoms with E-state index in [0.717, 1.165) is 0 Å². The SMILES string of the molecule is [2H]c1c([2H])c([2H])c2c(oc3c([2H])c(-c4c([2H])c([2H])c5c(-c6c([2H])c([2H])c([2H])c7c([2H])c([2H])c([2H])c([2H])c67)c6c([2H])c([2H])c([2H])c([2H])c6c(-c6c([2H])c([2H])c([2H])c7c([2H])c([2H])c([2H])c([2H])c67)c5c4[2H])c([2H])c([2H])c32)c1[2H]. The lowest BCUT2D eigenvalue weighted by atomic mass is 9.83. The monoisotopic (exact) mass is 624 g/mol. The van der Waals surface area contributed by atoms with E-state index < -0.39 is 268 Å². The second kappa shape index (κ2) is 10.2. The number of rotatable bonds is 3. The first-order valence-electron chi connectivity index (χ1n) is 27.9. The highest BCUT2D eigenvalue weighted by Crippen LogP contribution is 2.47. The van der Waals surface area contributed by atoms with E-state index in [1.165, 1.54) is 0 Å². The summed E-state index contributed by atoms with van der Waals surface area (Å²) in [5.74, 6) is 0. The molecule has 9 aromatic carbocycles. The lowest BCUT2D eigenvalue weighted by Gasteiger charge is -2.20. The van der Waals surface area contributed by atoms with Crippen LogP contribution in [0.15, 0.2) is 174 Å². The molecule has 0 atom stereocenters. The molecule has 0 saturated carbocycles. The summed E-state index contributed by atoms with van der Waals surface area (Å²) in [6.45, 7) is 0. The van der Waals surface area contributed by atoms with Crippen molar-refractivity contribution in [2.45, 2.75) is 0 Å². The van der Waals surface area contributed by atoms with Gasteiger partial charge in [0.2, 0.25) is 0 Å². The predicted molar refractivity (Wildman–Crippen MR) is 200 cm³/mol. The van der Waals surface area contributed by atoms with Gasteiger partial charge in [-0.05, 0) is 101 Å². The van der Waals surface area contributed by atoms with Gasteiger partial charge in [-0.3, -0.25) is 0 Å². The normalized spacial score (nSPS) is 20.2. The number of para-hydroxylation sites is 1. The zero-order valence-corrected chi connectivity index (χ0v) is 23.4. The Morgan fingerprint density at radius 3 is 1.43 bits per heavy atom. The fourth-order valence-corrected chi connectivity index (χ4v) is 5.77. The summed E-state index contributed by atoms with van der Waals surface area (Å²) in [4.78, 5) is 0. The molecule has 0 amide bonds. The minimum atomic E-state index is -1.12. The van der Waals surface area contributed by atoms with Crippen LogP contribution in [0.4, 0.5) is 0 Å². The highest BCUT2D eigenvalue weighted by Gasteiger charge is 2.20. The summed E-state index contributed by atoms with van der Waals surface area (Å²) in [5.41, 5.74) is -6.09. The Morgan fingerprint density at radius 1 is 0.319 bits per heavy atom. The van der Waals surface area contributed by atoms with Crippen LogP contribution in [0.25, 0.3) is 98.4 Å². The van der Waals surface area contributed by atoms with Crippen LogP contribution in [0.2, 0.25) is 0 Å². The van der Waals surface area contributed by atoms with Crippen LogP contribution >= 0.6 is 0 Å². The van der Waals surface area contributed by atoms with E-state index in [1.54, 1.807) is 0 Å². The van der Waals surface area contributed by atoms with Crippen molar-refractivity contribution < 1.29 is 42.8 Å². The first kappa shape index (κ1) is 10.7. The fraction of sp³-hybridized carbons (Fsp3) is 0. The molecule has 0 fully saturated rings.